The summed E-state index contributed by atoms with van der Waals surface area (Å²) in [7, 11) is 0. The fraction of sp³-hybridized carbons (Fsp3) is 0.360. The Morgan fingerprint density at radius 1 is 0.900 bits per heavy atom. The maximum Gasteiger partial charge on any atom is 0.259 e. The van der Waals surface area contributed by atoms with Crippen LogP contribution in [0.3, 0.4) is 0 Å². The van der Waals surface area contributed by atoms with Crippen LogP contribution in [-0.4, -0.2) is 47.0 Å². The number of fused-ring (bicyclic) bond motifs is 2. The van der Waals surface area contributed by atoms with Crippen molar-refractivity contribution in [1.82, 2.24) is 15.0 Å². The number of benzene rings is 2. The lowest BCUT2D eigenvalue weighted by molar-refractivity contribution is 0.0594. The average molecular weight is 402 g/mol. The molecule has 1 aromatic heterocycles. The van der Waals surface area contributed by atoms with Gasteiger partial charge in [-0.05, 0) is 48.9 Å². The summed E-state index contributed by atoms with van der Waals surface area (Å²) >= 11 is 0. The third-order valence-corrected chi connectivity index (χ3v) is 6.58. The fourth-order valence-corrected chi connectivity index (χ4v) is 5.02. The molecule has 2 heterocycles. The molecule has 1 fully saturated rings. The quantitative estimate of drug-likeness (QED) is 0.653. The Morgan fingerprint density at radius 2 is 1.47 bits per heavy atom. The standard InChI is InChI=1S/C25H27N3O2/c1-17-23(18(2)30-26-17)25(29)28-15-13-27(14-16-28)24-21-9-5-3-7-19(21)11-12-20-8-4-6-10-22(20)24/h3-10,24H,11-16H2,1-2H3. The van der Waals surface area contributed by atoms with Gasteiger partial charge < -0.3 is 9.42 Å². The van der Waals surface area contributed by atoms with Crippen LogP contribution in [0.1, 0.15) is 50.1 Å². The molecule has 1 amide bonds. The second-order valence-electron chi connectivity index (χ2n) is 8.33. The Balaban J connectivity index is 1.42. The molecule has 1 aliphatic heterocycles. The Labute approximate surface area is 177 Å². The van der Waals surface area contributed by atoms with E-state index in [-0.39, 0.29) is 11.9 Å². The highest BCUT2D eigenvalue weighted by Gasteiger charge is 2.33. The highest BCUT2D eigenvalue weighted by Crippen LogP contribution is 2.37. The number of carbonyl (C=O) groups is 1. The van der Waals surface area contributed by atoms with Gasteiger partial charge in [0.2, 0.25) is 0 Å². The molecule has 1 saturated heterocycles. The molecule has 5 heteroatoms. The van der Waals surface area contributed by atoms with Gasteiger partial charge in [-0.25, -0.2) is 0 Å². The van der Waals surface area contributed by atoms with E-state index < -0.39 is 0 Å². The first-order chi connectivity index (χ1) is 14.6. The number of nitrogens with zero attached hydrogens (tertiary/aromatic N) is 3. The van der Waals surface area contributed by atoms with E-state index in [2.05, 4.69) is 58.6 Å². The van der Waals surface area contributed by atoms with Crippen molar-refractivity contribution >= 4 is 5.91 Å². The van der Waals surface area contributed by atoms with Gasteiger partial charge in [-0.1, -0.05) is 53.7 Å². The summed E-state index contributed by atoms with van der Waals surface area (Å²) < 4.78 is 5.21. The van der Waals surface area contributed by atoms with Crippen molar-refractivity contribution in [1.29, 1.82) is 0 Å². The van der Waals surface area contributed by atoms with E-state index in [1.165, 1.54) is 22.3 Å². The Hall–Kier alpha value is -2.92. The van der Waals surface area contributed by atoms with Gasteiger partial charge in [-0.2, -0.15) is 0 Å². The first-order valence-corrected chi connectivity index (χ1v) is 10.8. The van der Waals surface area contributed by atoms with Crippen molar-refractivity contribution in [2.45, 2.75) is 32.7 Å². The van der Waals surface area contributed by atoms with Crippen molar-refractivity contribution in [3.05, 3.63) is 87.8 Å². The van der Waals surface area contributed by atoms with Crippen LogP contribution in [0, 0.1) is 13.8 Å². The van der Waals surface area contributed by atoms with E-state index in [4.69, 9.17) is 4.52 Å². The summed E-state index contributed by atoms with van der Waals surface area (Å²) in [5.41, 5.74) is 6.99. The first kappa shape index (κ1) is 19.1. The number of rotatable bonds is 2. The Morgan fingerprint density at radius 3 is 2.00 bits per heavy atom. The van der Waals surface area contributed by atoms with Gasteiger partial charge in [0.05, 0.1) is 11.7 Å². The third kappa shape index (κ3) is 3.23. The van der Waals surface area contributed by atoms with E-state index in [0.29, 0.717) is 30.1 Å². The van der Waals surface area contributed by atoms with E-state index >= 15 is 0 Å². The lowest BCUT2D eigenvalue weighted by Crippen LogP contribution is -2.50. The summed E-state index contributed by atoms with van der Waals surface area (Å²) in [6.45, 7) is 6.76. The van der Waals surface area contributed by atoms with E-state index in [1.807, 2.05) is 18.7 Å². The van der Waals surface area contributed by atoms with E-state index in [0.717, 1.165) is 25.9 Å². The zero-order valence-electron chi connectivity index (χ0n) is 17.6. The zero-order chi connectivity index (χ0) is 20.7. The minimum Gasteiger partial charge on any atom is -0.361 e. The smallest absolute Gasteiger partial charge is 0.259 e. The van der Waals surface area contributed by atoms with Crippen molar-refractivity contribution in [3.63, 3.8) is 0 Å². The second-order valence-corrected chi connectivity index (χ2v) is 8.33. The van der Waals surface area contributed by atoms with Gasteiger partial charge in [0.1, 0.15) is 11.3 Å². The van der Waals surface area contributed by atoms with Crippen molar-refractivity contribution in [2.24, 2.45) is 0 Å². The zero-order valence-corrected chi connectivity index (χ0v) is 17.6. The number of aryl methyl sites for hydroxylation is 4. The van der Waals surface area contributed by atoms with Crippen LogP contribution in [0.4, 0.5) is 0 Å². The van der Waals surface area contributed by atoms with Gasteiger partial charge in [0.15, 0.2) is 0 Å². The lowest BCUT2D eigenvalue weighted by Gasteiger charge is -2.40. The molecule has 0 bridgehead atoms. The number of hydrogen-bond donors (Lipinski definition) is 0. The molecule has 5 rings (SSSR count). The normalized spacial score (nSPS) is 17.3. The Kier molecular flexibility index (Phi) is 4.91. The molecule has 2 aliphatic rings. The van der Waals surface area contributed by atoms with Crippen LogP contribution in [0.15, 0.2) is 53.1 Å². The highest BCUT2D eigenvalue weighted by molar-refractivity contribution is 5.96. The summed E-state index contributed by atoms with van der Waals surface area (Å²) in [4.78, 5) is 17.5. The predicted molar refractivity (Wildman–Crippen MR) is 116 cm³/mol. The molecule has 0 unspecified atom stereocenters. The van der Waals surface area contributed by atoms with Gasteiger partial charge in [-0.3, -0.25) is 9.69 Å². The molecule has 2 aromatic carbocycles. The number of piperazine rings is 1. The molecule has 3 aromatic rings. The van der Waals surface area contributed by atoms with Crippen molar-refractivity contribution < 1.29 is 9.32 Å². The SMILES string of the molecule is Cc1noc(C)c1C(=O)N1CCN(C2c3ccccc3CCc3ccccc32)CC1. The summed E-state index contributed by atoms with van der Waals surface area (Å²) in [6.07, 6.45) is 2.16. The number of carbonyl (C=O) groups excluding carboxylic acids is 1. The average Bonchev–Trinajstić information content (AvgIpc) is 3.02. The molecule has 0 radical (unpaired) electrons. The highest BCUT2D eigenvalue weighted by atomic mass is 16.5. The molecule has 5 nitrogen and oxygen atoms in total. The Bertz CT molecular complexity index is 1010. The van der Waals surface area contributed by atoms with Crippen LogP contribution in [0.25, 0.3) is 0 Å². The van der Waals surface area contributed by atoms with Crippen LogP contribution >= 0.6 is 0 Å². The molecule has 30 heavy (non-hydrogen) atoms. The molecule has 0 spiro atoms. The molecule has 0 saturated carbocycles. The number of hydrogen-bond acceptors (Lipinski definition) is 4. The molecule has 1 aliphatic carbocycles. The lowest BCUT2D eigenvalue weighted by atomic mass is 9.92. The maximum absolute atomic E-state index is 13.0. The molecule has 0 N–H and O–H groups in total. The van der Waals surface area contributed by atoms with Gasteiger partial charge in [-0.15, -0.1) is 0 Å². The molecule has 0 atom stereocenters. The topological polar surface area (TPSA) is 49.6 Å². The maximum atomic E-state index is 13.0. The molecular formula is C25H27N3O2. The van der Waals surface area contributed by atoms with E-state index in [1.54, 1.807) is 0 Å². The minimum absolute atomic E-state index is 0.0348. The predicted octanol–water partition coefficient (Wildman–Crippen LogP) is 3.94. The summed E-state index contributed by atoms with van der Waals surface area (Å²) in [5, 5.41) is 3.95. The fourth-order valence-electron chi connectivity index (χ4n) is 5.02. The van der Waals surface area contributed by atoms with Gasteiger partial charge in [0.25, 0.3) is 5.91 Å². The number of aromatic nitrogens is 1. The third-order valence-electron chi connectivity index (χ3n) is 6.58. The second kappa shape index (κ2) is 7.73. The minimum atomic E-state index is 0.0348. The largest absolute Gasteiger partial charge is 0.361 e. The molecule has 154 valence electrons. The monoisotopic (exact) mass is 401 g/mol. The van der Waals surface area contributed by atoms with Crippen molar-refractivity contribution in [2.75, 3.05) is 26.2 Å². The summed E-state index contributed by atoms with van der Waals surface area (Å²) in [6, 6.07) is 17.9. The molecular weight excluding hydrogens is 374 g/mol. The van der Waals surface area contributed by atoms with E-state index in [9.17, 15) is 4.79 Å². The van der Waals surface area contributed by atoms with Gasteiger partial charge >= 0.3 is 0 Å². The first-order valence-electron chi connectivity index (χ1n) is 10.8. The van der Waals surface area contributed by atoms with Crippen LogP contribution in [0.5, 0.6) is 0 Å². The van der Waals surface area contributed by atoms with Crippen LogP contribution in [0.2, 0.25) is 0 Å². The van der Waals surface area contributed by atoms with Crippen molar-refractivity contribution in [3.8, 4) is 0 Å². The van der Waals surface area contributed by atoms with Crippen LogP contribution in [-0.2, 0) is 12.8 Å². The number of amides is 1. The van der Waals surface area contributed by atoms with Gasteiger partial charge in [0, 0.05) is 26.2 Å². The summed E-state index contributed by atoms with van der Waals surface area (Å²) in [5.74, 6) is 0.638. The van der Waals surface area contributed by atoms with Crippen LogP contribution < -0.4 is 0 Å².